The normalized spacial score (nSPS) is 14.1. The van der Waals surface area contributed by atoms with Crippen molar-refractivity contribution in [2.45, 2.75) is 118 Å². The molecule has 190 valence electrons. The second kappa shape index (κ2) is 16.5. The Balaban J connectivity index is 4.23. The first kappa shape index (κ1) is 30.9. The van der Waals surface area contributed by atoms with Crippen molar-refractivity contribution in [2.75, 3.05) is 27.4 Å². The number of unbranched alkanes of at least 4 members (excludes halogenated alkanes) is 4. The van der Waals surface area contributed by atoms with E-state index in [1.165, 1.54) is 0 Å². The van der Waals surface area contributed by atoms with Crippen LogP contribution in [0.25, 0.3) is 0 Å². The van der Waals surface area contributed by atoms with Crippen molar-refractivity contribution in [3.05, 3.63) is 0 Å². The van der Waals surface area contributed by atoms with Crippen LogP contribution in [0.15, 0.2) is 0 Å². The molecule has 0 saturated carbocycles. The van der Waals surface area contributed by atoms with Gasteiger partial charge in [-0.1, -0.05) is 38.5 Å². The Kier molecular flexibility index (Phi) is 15.9. The number of esters is 2. The van der Waals surface area contributed by atoms with Crippen molar-refractivity contribution in [2.24, 2.45) is 10.8 Å². The Hall–Kier alpha value is -1.14. The molecule has 0 rings (SSSR count). The smallest absolute Gasteiger partial charge is 0.311 e. The average Bonchev–Trinajstić information content (AvgIpc) is 2.74. The Morgan fingerprint density at radius 1 is 0.625 bits per heavy atom. The van der Waals surface area contributed by atoms with Crippen LogP contribution in [-0.2, 0) is 28.5 Å². The number of hydrogen-bond acceptors (Lipinski definition) is 6. The van der Waals surface area contributed by atoms with E-state index in [1.54, 1.807) is 14.2 Å². The van der Waals surface area contributed by atoms with Gasteiger partial charge in [0.2, 0.25) is 0 Å². The Morgan fingerprint density at radius 3 is 1.25 bits per heavy atom. The molecule has 0 N–H and O–H groups in total. The van der Waals surface area contributed by atoms with Crippen molar-refractivity contribution in [1.82, 2.24) is 0 Å². The lowest BCUT2D eigenvalue weighted by atomic mass is 9.86. The molecule has 0 spiro atoms. The van der Waals surface area contributed by atoms with E-state index >= 15 is 0 Å². The molecule has 0 amide bonds. The molecule has 6 nitrogen and oxygen atoms in total. The van der Waals surface area contributed by atoms with E-state index in [-0.39, 0.29) is 24.1 Å². The molecule has 0 bridgehead atoms. The number of ether oxygens (including phenoxy) is 4. The van der Waals surface area contributed by atoms with E-state index in [0.29, 0.717) is 13.2 Å². The van der Waals surface area contributed by atoms with Crippen LogP contribution in [0.5, 0.6) is 0 Å². The quantitative estimate of drug-likeness (QED) is 0.172. The van der Waals surface area contributed by atoms with Crippen molar-refractivity contribution >= 4 is 11.9 Å². The van der Waals surface area contributed by atoms with Gasteiger partial charge in [0.15, 0.2) is 0 Å². The first-order valence-corrected chi connectivity index (χ1v) is 12.5. The fourth-order valence-electron chi connectivity index (χ4n) is 3.95. The van der Waals surface area contributed by atoms with Gasteiger partial charge < -0.3 is 18.9 Å². The molecule has 0 heterocycles. The van der Waals surface area contributed by atoms with Crippen LogP contribution in [0.3, 0.4) is 0 Å². The SMILES string of the molecule is CCOC(=O)C(C)(C)CCCCC[C@@H](OC)[C@@H](CCCCCC(C)(C)C(=O)OCC)OC. The third kappa shape index (κ3) is 12.2. The second-order valence-corrected chi connectivity index (χ2v) is 9.96. The van der Waals surface area contributed by atoms with Gasteiger partial charge in [0.05, 0.1) is 36.3 Å². The number of carbonyl (C=O) groups excluding carboxylic acids is 2. The monoisotopic (exact) mass is 458 g/mol. The molecule has 0 aliphatic carbocycles. The number of hydrogen-bond donors (Lipinski definition) is 0. The summed E-state index contributed by atoms with van der Waals surface area (Å²) in [7, 11) is 3.50. The first-order valence-electron chi connectivity index (χ1n) is 12.5. The third-order valence-electron chi connectivity index (χ3n) is 6.26. The van der Waals surface area contributed by atoms with Crippen molar-refractivity contribution in [3.8, 4) is 0 Å². The van der Waals surface area contributed by atoms with Gasteiger partial charge in [-0.25, -0.2) is 0 Å². The van der Waals surface area contributed by atoms with E-state index in [1.807, 2.05) is 41.5 Å². The second-order valence-electron chi connectivity index (χ2n) is 9.96. The summed E-state index contributed by atoms with van der Waals surface area (Å²) in [4.78, 5) is 24.0. The zero-order valence-electron chi connectivity index (χ0n) is 22.1. The minimum Gasteiger partial charge on any atom is -0.466 e. The van der Waals surface area contributed by atoms with E-state index in [9.17, 15) is 9.59 Å². The Bertz CT molecular complexity index is 468. The van der Waals surface area contributed by atoms with E-state index in [0.717, 1.165) is 64.2 Å². The number of carbonyl (C=O) groups is 2. The summed E-state index contributed by atoms with van der Waals surface area (Å²) in [5.41, 5.74) is -0.846. The molecule has 0 aliphatic rings. The molecule has 2 atom stereocenters. The molecule has 6 heteroatoms. The number of rotatable bonds is 19. The largest absolute Gasteiger partial charge is 0.466 e. The zero-order valence-corrected chi connectivity index (χ0v) is 22.1. The molecule has 0 aromatic rings. The first-order chi connectivity index (χ1) is 15.1. The zero-order chi connectivity index (χ0) is 24.6. The molecule has 0 aromatic heterocycles. The predicted octanol–water partition coefficient (Wildman–Crippen LogP) is 6.10. The topological polar surface area (TPSA) is 71.1 Å². The van der Waals surface area contributed by atoms with Crippen molar-refractivity contribution in [3.63, 3.8) is 0 Å². The highest BCUT2D eigenvalue weighted by Crippen LogP contribution is 2.28. The highest BCUT2D eigenvalue weighted by Gasteiger charge is 2.29. The van der Waals surface area contributed by atoms with Crippen LogP contribution in [0.1, 0.15) is 106 Å². The number of methoxy groups -OCH3 is 2. The van der Waals surface area contributed by atoms with Crippen LogP contribution in [0.2, 0.25) is 0 Å². The summed E-state index contributed by atoms with van der Waals surface area (Å²) in [6.07, 6.45) is 9.92. The minimum absolute atomic E-state index is 0.0778. The highest BCUT2D eigenvalue weighted by molar-refractivity contribution is 5.76. The predicted molar refractivity (Wildman–Crippen MR) is 129 cm³/mol. The maximum absolute atomic E-state index is 12.0. The van der Waals surface area contributed by atoms with Gasteiger partial charge in [0.25, 0.3) is 0 Å². The molecule has 0 fully saturated rings. The third-order valence-corrected chi connectivity index (χ3v) is 6.26. The van der Waals surface area contributed by atoms with Crippen LogP contribution in [0, 0.1) is 10.8 Å². The van der Waals surface area contributed by atoms with E-state index in [2.05, 4.69) is 0 Å². The summed E-state index contributed by atoms with van der Waals surface area (Å²) in [6, 6.07) is 0. The van der Waals surface area contributed by atoms with Gasteiger partial charge in [0, 0.05) is 14.2 Å². The van der Waals surface area contributed by atoms with Crippen LogP contribution >= 0.6 is 0 Å². The summed E-state index contributed by atoms with van der Waals surface area (Å²) >= 11 is 0. The highest BCUT2D eigenvalue weighted by atomic mass is 16.5. The lowest BCUT2D eigenvalue weighted by molar-refractivity contribution is -0.154. The molecule has 0 unspecified atom stereocenters. The summed E-state index contributed by atoms with van der Waals surface area (Å²) in [5.74, 6) is -0.222. The fraction of sp³-hybridized carbons (Fsp3) is 0.923. The van der Waals surface area contributed by atoms with Gasteiger partial charge >= 0.3 is 11.9 Å². The maximum Gasteiger partial charge on any atom is 0.311 e. The Morgan fingerprint density at radius 2 is 0.969 bits per heavy atom. The van der Waals surface area contributed by atoms with Gasteiger partial charge in [-0.3, -0.25) is 9.59 Å². The van der Waals surface area contributed by atoms with Gasteiger partial charge in [-0.2, -0.15) is 0 Å². The molecule has 0 aromatic carbocycles. The average molecular weight is 459 g/mol. The van der Waals surface area contributed by atoms with Crippen LogP contribution < -0.4 is 0 Å². The van der Waals surface area contributed by atoms with Gasteiger partial charge in [0.1, 0.15) is 0 Å². The molecule has 0 saturated heterocycles. The molecule has 0 aliphatic heterocycles. The van der Waals surface area contributed by atoms with Crippen molar-refractivity contribution in [1.29, 1.82) is 0 Å². The fourth-order valence-corrected chi connectivity index (χ4v) is 3.95. The van der Waals surface area contributed by atoms with Crippen LogP contribution in [-0.4, -0.2) is 51.6 Å². The summed E-state index contributed by atoms with van der Waals surface area (Å²) in [5, 5.41) is 0. The molecular formula is C26H50O6. The molecule has 0 radical (unpaired) electrons. The summed E-state index contributed by atoms with van der Waals surface area (Å²) < 4.78 is 21.8. The van der Waals surface area contributed by atoms with E-state index < -0.39 is 10.8 Å². The lowest BCUT2D eigenvalue weighted by Crippen LogP contribution is -2.30. The lowest BCUT2D eigenvalue weighted by Gasteiger charge is -2.26. The Labute approximate surface area is 197 Å². The van der Waals surface area contributed by atoms with E-state index in [4.69, 9.17) is 18.9 Å². The minimum atomic E-state index is -0.423. The standard InChI is InChI=1S/C26H50O6/c1-9-31-23(27)25(3,4)19-15-11-13-17-21(29-7)22(30-8)18-14-12-16-20-26(5,6)24(28)32-10-2/h21-22H,9-20H2,1-8H3/t21-,22-/m1/s1. The molecular weight excluding hydrogens is 408 g/mol. The summed E-state index contributed by atoms with van der Waals surface area (Å²) in [6.45, 7) is 12.4. The van der Waals surface area contributed by atoms with Gasteiger partial charge in [-0.15, -0.1) is 0 Å². The molecule has 32 heavy (non-hydrogen) atoms. The van der Waals surface area contributed by atoms with Crippen molar-refractivity contribution < 1.29 is 28.5 Å². The van der Waals surface area contributed by atoms with Crippen LogP contribution in [0.4, 0.5) is 0 Å². The maximum atomic E-state index is 12.0. The van der Waals surface area contributed by atoms with Gasteiger partial charge in [-0.05, 0) is 67.2 Å².